The van der Waals surface area contributed by atoms with Gasteiger partial charge >= 0.3 is 0 Å². The Morgan fingerprint density at radius 3 is 2.08 bits per heavy atom. The molecule has 76 valence electrons. The van der Waals surface area contributed by atoms with E-state index in [0.29, 0.717) is 12.5 Å². The average Bonchev–Trinajstić information content (AvgIpc) is 2.37. The van der Waals surface area contributed by atoms with Crippen molar-refractivity contribution >= 4 is 0 Å². The van der Waals surface area contributed by atoms with E-state index in [2.05, 4.69) is 13.8 Å². The van der Waals surface area contributed by atoms with Gasteiger partial charge in [-0.05, 0) is 19.3 Å². The molecular weight excluding hydrogens is 166 g/mol. The van der Waals surface area contributed by atoms with E-state index in [-0.39, 0.29) is 17.6 Å². The van der Waals surface area contributed by atoms with Gasteiger partial charge in [-0.2, -0.15) is 0 Å². The predicted octanol–water partition coefficient (Wildman–Crippen LogP) is 1.12. The first-order valence-corrected chi connectivity index (χ1v) is 4.92. The van der Waals surface area contributed by atoms with E-state index in [4.69, 9.17) is 15.2 Å². The molecule has 1 saturated carbocycles. The minimum Gasteiger partial charge on any atom is -0.348 e. The van der Waals surface area contributed by atoms with E-state index >= 15 is 0 Å². The van der Waals surface area contributed by atoms with E-state index in [1.165, 1.54) is 0 Å². The molecule has 2 aliphatic rings. The molecular formula is C10H19NO2. The van der Waals surface area contributed by atoms with Crippen LogP contribution in [-0.2, 0) is 9.47 Å². The van der Waals surface area contributed by atoms with Crippen LogP contribution in [0.1, 0.15) is 27.7 Å². The van der Waals surface area contributed by atoms with Crippen molar-refractivity contribution in [3.8, 4) is 0 Å². The van der Waals surface area contributed by atoms with Crippen molar-refractivity contribution in [3.05, 3.63) is 0 Å². The third-order valence-corrected chi connectivity index (χ3v) is 3.43. The van der Waals surface area contributed by atoms with Gasteiger partial charge in [-0.25, -0.2) is 0 Å². The fourth-order valence-electron chi connectivity index (χ4n) is 2.32. The summed E-state index contributed by atoms with van der Waals surface area (Å²) in [5.74, 6) is 0.0533. The maximum atomic E-state index is 5.98. The Morgan fingerprint density at radius 1 is 1.23 bits per heavy atom. The number of hydrogen-bond donors (Lipinski definition) is 1. The average molecular weight is 185 g/mol. The van der Waals surface area contributed by atoms with E-state index in [1.54, 1.807) is 0 Å². The van der Waals surface area contributed by atoms with Gasteiger partial charge in [0.1, 0.15) is 0 Å². The number of ether oxygens (including phenoxy) is 2. The molecule has 0 aromatic heterocycles. The Morgan fingerprint density at radius 2 is 1.77 bits per heavy atom. The van der Waals surface area contributed by atoms with Gasteiger partial charge in [-0.3, -0.25) is 0 Å². The predicted molar refractivity (Wildman–Crippen MR) is 50.2 cm³/mol. The van der Waals surface area contributed by atoms with Crippen LogP contribution in [0.2, 0.25) is 0 Å². The molecule has 3 nitrogen and oxygen atoms in total. The molecule has 3 atom stereocenters. The second-order valence-corrected chi connectivity index (χ2v) is 5.24. The second-order valence-electron chi connectivity index (χ2n) is 5.24. The fourth-order valence-corrected chi connectivity index (χ4v) is 2.32. The molecule has 0 amide bonds. The highest BCUT2D eigenvalue weighted by atomic mass is 16.7. The number of rotatable bonds is 1. The topological polar surface area (TPSA) is 44.5 Å². The molecule has 1 saturated heterocycles. The molecule has 2 fully saturated rings. The molecule has 2 rings (SSSR count). The molecule has 13 heavy (non-hydrogen) atoms. The lowest BCUT2D eigenvalue weighted by Gasteiger charge is -2.17. The molecule has 1 aliphatic heterocycles. The van der Waals surface area contributed by atoms with Crippen LogP contribution in [0.3, 0.4) is 0 Å². The molecule has 0 radical (unpaired) electrons. The Hall–Kier alpha value is -0.120. The van der Waals surface area contributed by atoms with E-state index < -0.39 is 5.79 Å². The lowest BCUT2D eigenvalue weighted by atomic mass is 10.1. The van der Waals surface area contributed by atoms with Gasteiger partial charge < -0.3 is 15.2 Å². The standard InChI is InChI=1S/C10H19NO2/c1-9(2)7(8(9)11)6-5-12-10(3,4)13-6/h6-8H,5,11H2,1-4H3/t6?,7-,8-/m0/s1. The quantitative estimate of drug-likeness (QED) is 0.666. The molecule has 0 aromatic carbocycles. The summed E-state index contributed by atoms with van der Waals surface area (Å²) in [6.45, 7) is 8.98. The molecule has 1 heterocycles. The monoisotopic (exact) mass is 185 g/mol. The van der Waals surface area contributed by atoms with Gasteiger partial charge in [-0.15, -0.1) is 0 Å². The Bertz CT molecular complexity index is 225. The summed E-state index contributed by atoms with van der Waals surface area (Å²) >= 11 is 0. The SMILES string of the molecule is CC1(C)OCC([C@H]2[C@H](N)C2(C)C)O1. The third kappa shape index (κ3) is 1.39. The number of nitrogens with two attached hydrogens (primary N) is 1. The van der Waals surface area contributed by atoms with Crippen LogP contribution in [0.15, 0.2) is 0 Å². The van der Waals surface area contributed by atoms with Crippen molar-refractivity contribution in [3.63, 3.8) is 0 Å². The van der Waals surface area contributed by atoms with Crippen LogP contribution in [0, 0.1) is 11.3 Å². The molecule has 0 spiro atoms. The molecule has 1 aliphatic carbocycles. The summed E-state index contributed by atoms with van der Waals surface area (Å²) in [7, 11) is 0. The second kappa shape index (κ2) is 2.47. The largest absolute Gasteiger partial charge is 0.348 e. The zero-order chi connectivity index (χ0) is 9.85. The Labute approximate surface area is 79.6 Å². The lowest BCUT2D eigenvalue weighted by molar-refractivity contribution is -0.141. The van der Waals surface area contributed by atoms with E-state index in [9.17, 15) is 0 Å². The van der Waals surface area contributed by atoms with Crippen molar-refractivity contribution in [2.24, 2.45) is 17.1 Å². The van der Waals surface area contributed by atoms with Crippen LogP contribution in [0.25, 0.3) is 0 Å². The number of hydrogen-bond acceptors (Lipinski definition) is 3. The maximum Gasteiger partial charge on any atom is 0.163 e. The van der Waals surface area contributed by atoms with Gasteiger partial charge in [0.25, 0.3) is 0 Å². The molecule has 0 aromatic rings. The first-order chi connectivity index (χ1) is 5.84. The Balaban J connectivity index is 1.99. The molecule has 0 bridgehead atoms. The van der Waals surface area contributed by atoms with Crippen molar-refractivity contribution < 1.29 is 9.47 Å². The maximum absolute atomic E-state index is 5.98. The van der Waals surface area contributed by atoms with Gasteiger partial charge in [0.15, 0.2) is 5.79 Å². The highest BCUT2D eigenvalue weighted by Gasteiger charge is 2.61. The zero-order valence-corrected chi connectivity index (χ0v) is 8.83. The Kier molecular flexibility index (Phi) is 1.79. The van der Waals surface area contributed by atoms with Crippen LogP contribution >= 0.6 is 0 Å². The third-order valence-electron chi connectivity index (χ3n) is 3.43. The minimum absolute atomic E-state index is 0.194. The van der Waals surface area contributed by atoms with Crippen LogP contribution in [0.5, 0.6) is 0 Å². The molecule has 3 heteroatoms. The van der Waals surface area contributed by atoms with Gasteiger partial charge in [0.05, 0.1) is 12.7 Å². The van der Waals surface area contributed by atoms with Crippen LogP contribution in [-0.4, -0.2) is 24.5 Å². The van der Waals surface area contributed by atoms with Crippen LogP contribution in [0.4, 0.5) is 0 Å². The first kappa shape index (κ1) is 9.44. The normalized spacial score (nSPS) is 46.4. The van der Waals surface area contributed by atoms with Crippen molar-refractivity contribution in [1.29, 1.82) is 0 Å². The summed E-state index contributed by atoms with van der Waals surface area (Å²) in [5, 5.41) is 0. The zero-order valence-electron chi connectivity index (χ0n) is 8.83. The highest BCUT2D eigenvalue weighted by molar-refractivity contribution is 5.12. The molecule has 2 N–H and O–H groups in total. The summed E-state index contributed by atoms with van der Waals surface area (Å²) in [5.41, 5.74) is 6.21. The van der Waals surface area contributed by atoms with Crippen molar-refractivity contribution in [1.82, 2.24) is 0 Å². The van der Waals surface area contributed by atoms with Crippen molar-refractivity contribution in [2.75, 3.05) is 6.61 Å². The lowest BCUT2D eigenvalue weighted by Crippen LogP contribution is -2.24. The van der Waals surface area contributed by atoms with Crippen LogP contribution < -0.4 is 5.73 Å². The minimum atomic E-state index is -0.414. The van der Waals surface area contributed by atoms with E-state index in [0.717, 1.165) is 0 Å². The summed E-state index contributed by atoms with van der Waals surface area (Å²) in [6.07, 6.45) is 0.194. The summed E-state index contributed by atoms with van der Waals surface area (Å²) in [6, 6.07) is 0.273. The summed E-state index contributed by atoms with van der Waals surface area (Å²) in [4.78, 5) is 0. The molecule has 1 unspecified atom stereocenters. The highest BCUT2D eigenvalue weighted by Crippen LogP contribution is 2.54. The first-order valence-electron chi connectivity index (χ1n) is 4.92. The van der Waals surface area contributed by atoms with Crippen molar-refractivity contribution in [2.45, 2.75) is 45.6 Å². The summed E-state index contributed by atoms with van der Waals surface area (Å²) < 4.78 is 11.3. The van der Waals surface area contributed by atoms with Gasteiger partial charge in [-0.1, -0.05) is 13.8 Å². The smallest absolute Gasteiger partial charge is 0.163 e. The van der Waals surface area contributed by atoms with E-state index in [1.807, 2.05) is 13.8 Å². The fraction of sp³-hybridized carbons (Fsp3) is 1.00. The van der Waals surface area contributed by atoms with Gasteiger partial charge in [0, 0.05) is 12.0 Å². The van der Waals surface area contributed by atoms with Gasteiger partial charge in [0.2, 0.25) is 0 Å².